The van der Waals surface area contributed by atoms with Crippen LogP contribution in [-0.2, 0) is 6.54 Å². The summed E-state index contributed by atoms with van der Waals surface area (Å²) in [6.07, 6.45) is 4.55. The number of nitrogens with zero attached hydrogens (tertiary/aromatic N) is 2. The third-order valence-corrected chi connectivity index (χ3v) is 2.91. The minimum absolute atomic E-state index is 0.0252. The molecule has 0 saturated carbocycles. The Morgan fingerprint density at radius 1 is 1.32 bits per heavy atom. The number of carbonyl (C=O) groups excluding carboxylic acids is 1. The van der Waals surface area contributed by atoms with Crippen LogP contribution in [0.15, 0.2) is 24.5 Å². The molecule has 5 nitrogen and oxygen atoms in total. The fraction of sp³-hybridized carbons (Fsp3) is 0.571. The van der Waals surface area contributed by atoms with E-state index in [2.05, 4.69) is 15.6 Å². The van der Waals surface area contributed by atoms with Gasteiger partial charge in [-0.25, -0.2) is 4.79 Å². The van der Waals surface area contributed by atoms with Gasteiger partial charge in [0.2, 0.25) is 0 Å². The average Bonchev–Trinajstić information content (AvgIpc) is 2.45. The van der Waals surface area contributed by atoms with E-state index < -0.39 is 0 Å². The van der Waals surface area contributed by atoms with E-state index in [1.165, 1.54) is 5.56 Å². The van der Waals surface area contributed by atoms with Crippen LogP contribution >= 0.6 is 0 Å². The lowest BCUT2D eigenvalue weighted by molar-refractivity contribution is 0.203. The predicted octanol–water partition coefficient (Wildman–Crippen LogP) is 1.61. The third kappa shape index (κ3) is 6.20. The van der Waals surface area contributed by atoms with Crippen LogP contribution in [0.4, 0.5) is 4.79 Å². The lowest BCUT2D eigenvalue weighted by Crippen LogP contribution is -2.40. The van der Waals surface area contributed by atoms with Gasteiger partial charge in [0.1, 0.15) is 0 Å². The molecule has 0 saturated heterocycles. The van der Waals surface area contributed by atoms with Crippen LogP contribution in [0.3, 0.4) is 0 Å². The first kappa shape index (κ1) is 15.4. The molecule has 1 heterocycles. The maximum Gasteiger partial charge on any atom is 0.317 e. The van der Waals surface area contributed by atoms with Crippen LogP contribution in [0.2, 0.25) is 0 Å². The van der Waals surface area contributed by atoms with Crippen molar-refractivity contribution in [3.63, 3.8) is 0 Å². The summed E-state index contributed by atoms with van der Waals surface area (Å²) in [5.41, 5.74) is 1.18. The quantitative estimate of drug-likeness (QED) is 0.701. The van der Waals surface area contributed by atoms with E-state index in [1.54, 1.807) is 11.1 Å². The number of carbonyl (C=O) groups is 1. The van der Waals surface area contributed by atoms with Gasteiger partial charge in [-0.2, -0.15) is 0 Å². The molecular formula is C14H24N4O. The molecule has 5 heteroatoms. The van der Waals surface area contributed by atoms with E-state index in [0.29, 0.717) is 6.54 Å². The van der Waals surface area contributed by atoms with Crippen LogP contribution in [0, 0.1) is 0 Å². The first-order chi connectivity index (χ1) is 9.27. The average molecular weight is 264 g/mol. The Morgan fingerprint density at radius 3 is 2.74 bits per heavy atom. The molecule has 19 heavy (non-hydrogen) atoms. The number of nitrogens with one attached hydrogen (secondary N) is 2. The summed E-state index contributed by atoms with van der Waals surface area (Å²) in [5.74, 6) is 0. The van der Waals surface area contributed by atoms with Crippen LogP contribution < -0.4 is 10.6 Å². The molecule has 0 fully saturated rings. The molecule has 0 aromatic carbocycles. The predicted molar refractivity (Wildman–Crippen MR) is 76.9 cm³/mol. The van der Waals surface area contributed by atoms with E-state index in [-0.39, 0.29) is 6.03 Å². The second kappa shape index (κ2) is 9.33. The van der Waals surface area contributed by atoms with E-state index >= 15 is 0 Å². The van der Waals surface area contributed by atoms with Gasteiger partial charge in [0.25, 0.3) is 0 Å². The molecule has 0 radical (unpaired) electrons. The highest BCUT2D eigenvalue weighted by molar-refractivity contribution is 5.73. The number of aromatic nitrogens is 1. The summed E-state index contributed by atoms with van der Waals surface area (Å²) >= 11 is 0. The first-order valence-electron chi connectivity index (χ1n) is 6.90. The van der Waals surface area contributed by atoms with Crippen LogP contribution in [0.5, 0.6) is 0 Å². The molecule has 1 aromatic heterocycles. The van der Waals surface area contributed by atoms with Crippen molar-refractivity contribution >= 4 is 6.03 Å². The topological polar surface area (TPSA) is 57.3 Å². The summed E-state index contributed by atoms with van der Waals surface area (Å²) in [6, 6.07) is 4.00. The summed E-state index contributed by atoms with van der Waals surface area (Å²) in [4.78, 5) is 17.5. The highest BCUT2D eigenvalue weighted by Crippen LogP contribution is 1.94. The van der Waals surface area contributed by atoms with Gasteiger partial charge in [-0.15, -0.1) is 0 Å². The van der Waals surface area contributed by atoms with Crippen LogP contribution in [0.1, 0.15) is 25.8 Å². The normalized spacial score (nSPS) is 10.2. The SMILES string of the molecule is CCN(CC)C(=O)NCCCNCc1cccnc1. The summed E-state index contributed by atoms with van der Waals surface area (Å²) < 4.78 is 0. The van der Waals surface area contributed by atoms with Gasteiger partial charge in [0.05, 0.1) is 0 Å². The molecule has 0 aliphatic rings. The minimum atomic E-state index is 0.0252. The van der Waals surface area contributed by atoms with Crippen LogP contribution in [-0.4, -0.2) is 42.1 Å². The van der Waals surface area contributed by atoms with Crippen molar-refractivity contribution in [2.24, 2.45) is 0 Å². The number of pyridine rings is 1. The summed E-state index contributed by atoms with van der Waals surface area (Å²) in [5, 5.41) is 6.25. The molecule has 0 atom stereocenters. The fourth-order valence-electron chi connectivity index (χ4n) is 1.77. The zero-order valence-electron chi connectivity index (χ0n) is 11.9. The molecule has 0 aliphatic carbocycles. The smallest absolute Gasteiger partial charge is 0.317 e. The van der Waals surface area contributed by atoms with Gasteiger partial charge < -0.3 is 15.5 Å². The number of rotatable bonds is 8. The standard InChI is InChI=1S/C14H24N4O/c1-3-18(4-2)14(19)17-10-6-9-16-12-13-7-5-8-15-11-13/h5,7-8,11,16H,3-4,6,9-10,12H2,1-2H3,(H,17,19). The van der Waals surface area contributed by atoms with Crippen molar-refractivity contribution < 1.29 is 4.79 Å². The van der Waals surface area contributed by atoms with Gasteiger partial charge in [-0.1, -0.05) is 6.07 Å². The van der Waals surface area contributed by atoms with Gasteiger partial charge in [0.15, 0.2) is 0 Å². The lowest BCUT2D eigenvalue weighted by atomic mass is 10.3. The largest absolute Gasteiger partial charge is 0.338 e. The van der Waals surface area contributed by atoms with Gasteiger partial charge >= 0.3 is 6.03 Å². The minimum Gasteiger partial charge on any atom is -0.338 e. The Kier molecular flexibility index (Phi) is 7.58. The molecular weight excluding hydrogens is 240 g/mol. The molecule has 0 bridgehead atoms. The summed E-state index contributed by atoms with van der Waals surface area (Å²) in [7, 11) is 0. The molecule has 0 spiro atoms. The number of urea groups is 1. The molecule has 2 N–H and O–H groups in total. The fourth-order valence-corrected chi connectivity index (χ4v) is 1.77. The van der Waals surface area contributed by atoms with Crippen LogP contribution in [0.25, 0.3) is 0 Å². The number of amides is 2. The molecule has 1 aromatic rings. The van der Waals surface area contributed by atoms with E-state index in [0.717, 1.165) is 32.6 Å². The zero-order chi connectivity index (χ0) is 13.9. The Morgan fingerprint density at radius 2 is 2.11 bits per heavy atom. The Bertz CT molecular complexity index is 352. The second-order valence-corrected chi connectivity index (χ2v) is 4.30. The third-order valence-electron chi connectivity index (χ3n) is 2.91. The summed E-state index contributed by atoms with van der Waals surface area (Å²) in [6.45, 7) is 7.88. The van der Waals surface area contributed by atoms with Crippen molar-refractivity contribution in [1.82, 2.24) is 20.5 Å². The number of hydrogen-bond donors (Lipinski definition) is 2. The van der Waals surface area contributed by atoms with Crippen molar-refractivity contribution in [1.29, 1.82) is 0 Å². The van der Waals surface area contributed by atoms with Gasteiger partial charge in [-0.05, 0) is 38.4 Å². The van der Waals surface area contributed by atoms with E-state index in [4.69, 9.17) is 0 Å². The Balaban J connectivity index is 2.04. The number of hydrogen-bond acceptors (Lipinski definition) is 3. The van der Waals surface area contributed by atoms with Crippen molar-refractivity contribution in [2.45, 2.75) is 26.8 Å². The Hall–Kier alpha value is -1.62. The lowest BCUT2D eigenvalue weighted by Gasteiger charge is -2.19. The van der Waals surface area contributed by atoms with Crippen molar-refractivity contribution in [3.05, 3.63) is 30.1 Å². The zero-order valence-corrected chi connectivity index (χ0v) is 11.9. The van der Waals surface area contributed by atoms with E-state index in [1.807, 2.05) is 32.2 Å². The van der Waals surface area contributed by atoms with Gasteiger partial charge in [0, 0.05) is 38.6 Å². The first-order valence-corrected chi connectivity index (χ1v) is 6.90. The second-order valence-electron chi connectivity index (χ2n) is 4.30. The molecule has 1 rings (SSSR count). The van der Waals surface area contributed by atoms with Crippen molar-refractivity contribution in [2.75, 3.05) is 26.2 Å². The van der Waals surface area contributed by atoms with Crippen molar-refractivity contribution in [3.8, 4) is 0 Å². The highest BCUT2D eigenvalue weighted by Gasteiger charge is 2.06. The maximum absolute atomic E-state index is 11.6. The Labute approximate surface area is 115 Å². The molecule has 0 unspecified atom stereocenters. The monoisotopic (exact) mass is 264 g/mol. The maximum atomic E-state index is 11.6. The highest BCUT2D eigenvalue weighted by atomic mass is 16.2. The molecule has 0 aliphatic heterocycles. The molecule has 2 amide bonds. The van der Waals surface area contributed by atoms with Gasteiger partial charge in [-0.3, -0.25) is 4.98 Å². The molecule has 106 valence electrons. The van der Waals surface area contributed by atoms with E-state index in [9.17, 15) is 4.79 Å².